The summed E-state index contributed by atoms with van der Waals surface area (Å²) in [5.74, 6) is -0.0537. The van der Waals surface area contributed by atoms with Crippen molar-refractivity contribution >= 4 is 23.6 Å². The minimum Gasteiger partial charge on any atom is -0.353 e. The molecule has 0 aliphatic heterocycles. The van der Waals surface area contributed by atoms with Gasteiger partial charge in [0.15, 0.2) is 0 Å². The van der Waals surface area contributed by atoms with Crippen LogP contribution in [0.15, 0.2) is 18.5 Å². The van der Waals surface area contributed by atoms with E-state index < -0.39 is 0 Å². The van der Waals surface area contributed by atoms with Gasteiger partial charge in [0, 0.05) is 31.4 Å². The molecule has 0 spiro atoms. The van der Waals surface area contributed by atoms with E-state index in [4.69, 9.17) is 11.6 Å². The van der Waals surface area contributed by atoms with Crippen LogP contribution in [0.4, 0.5) is 0 Å². The van der Waals surface area contributed by atoms with E-state index in [0.29, 0.717) is 6.54 Å². The van der Waals surface area contributed by atoms with Crippen molar-refractivity contribution in [3.8, 4) is 0 Å². The van der Waals surface area contributed by atoms with Gasteiger partial charge in [-0.2, -0.15) is 0 Å². The van der Waals surface area contributed by atoms with Crippen molar-refractivity contribution in [2.45, 2.75) is 6.92 Å². The number of hydrogen-bond donors (Lipinski definition) is 1. The molecule has 0 atom stereocenters. The molecule has 1 N–H and O–H groups in total. The van der Waals surface area contributed by atoms with E-state index in [1.165, 1.54) is 6.92 Å². The summed E-state index contributed by atoms with van der Waals surface area (Å²) in [7, 11) is 0. The minimum absolute atomic E-state index is 0.0537. The highest BCUT2D eigenvalue weighted by atomic mass is 35.5. The number of nitrogens with one attached hydrogen (secondary N) is 1. The Balaban J connectivity index is 2.44. The largest absolute Gasteiger partial charge is 0.353 e. The normalized spacial score (nSPS) is 10.4. The van der Waals surface area contributed by atoms with Crippen molar-refractivity contribution in [3.05, 3.63) is 29.3 Å². The first-order chi connectivity index (χ1) is 6.68. The molecule has 1 aromatic heterocycles. The summed E-state index contributed by atoms with van der Waals surface area (Å²) in [6.07, 6.45) is 6.85. The molecule has 0 saturated carbocycles. The van der Waals surface area contributed by atoms with E-state index in [1.54, 1.807) is 12.4 Å². The molecule has 0 unspecified atom stereocenters. The molecular weight excluding hydrogens is 202 g/mol. The first-order valence-corrected chi connectivity index (χ1v) is 4.45. The summed E-state index contributed by atoms with van der Waals surface area (Å²) >= 11 is 5.51. The summed E-state index contributed by atoms with van der Waals surface area (Å²) in [6, 6.07) is 0. The van der Waals surface area contributed by atoms with Gasteiger partial charge < -0.3 is 5.32 Å². The number of hydrogen-bond acceptors (Lipinski definition) is 3. The Bertz CT molecular complexity index is 334. The van der Waals surface area contributed by atoms with Crippen LogP contribution in [0.25, 0.3) is 6.08 Å². The predicted octanol–water partition coefficient (Wildman–Crippen LogP) is 1.28. The average Bonchev–Trinajstić information content (AvgIpc) is 2.15. The first-order valence-electron chi connectivity index (χ1n) is 4.07. The van der Waals surface area contributed by atoms with E-state index in [0.717, 1.165) is 5.56 Å². The van der Waals surface area contributed by atoms with Crippen LogP contribution in [-0.4, -0.2) is 22.4 Å². The lowest BCUT2D eigenvalue weighted by Crippen LogP contribution is -2.19. The molecule has 1 aromatic rings. The quantitative estimate of drug-likeness (QED) is 0.767. The summed E-state index contributed by atoms with van der Waals surface area (Å²) in [5.41, 5.74) is 0.847. The highest BCUT2D eigenvalue weighted by molar-refractivity contribution is 6.28. The highest BCUT2D eigenvalue weighted by Gasteiger charge is 1.90. The number of rotatable bonds is 3. The zero-order valence-electron chi connectivity index (χ0n) is 7.70. The number of nitrogens with zero attached hydrogens (tertiary/aromatic N) is 2. The van der Waals surface area contributed by atoms with Crippen LogP contribution in [0, 0.1) is 0 Å². The number of halogens is 1. The summed E-state index contributed by atoms with van der Waals surface area (Å²) < 4.78 is 0. The Morgan fingerprint density at radius 1 is 1.57 bits per heavy atom. The van der Waals surface area contributed by atoms with Gasteiger partial charge in [0.25, 0.3) is 0 Å². The van der Waals surface area contributed by atoms with Crippen LogP contribution in [0.5, 0.6) is 0 Å². The van der Waals surface area contributed by atoms with Crippen molar-refractivity contribution in [3.63, 3.8) is 0 Å². The molecule has 4 nitrogen and oxygen atoms in total. The van der Waals surface area contributed by atoms with Gasteiger partial charge in [0.1, 0.15) is 0 Å². The topological polar surface area (TPSA) is 54.9 Å². The van der Waals surface area contributed by atoms with Gasteiger partial charge in [-0.05, 0) is 11.6 Å². The van der Waals surface area contributed by atoms with E-state index in [1.807, 2.05) is 12.2 Å². The summed E-state index contributed by atoms with van der Waals surface area (Å²) in [4.78, 5) is 18.1. The van der Waals surface area contributed by atoms with Crippen LogP contribution in [-0.2, 0) is 4.79 Å². The van der Waals surface area contributed by atoms with Gasteiger partial charge in [-0.3, -0.25) is 4.79 Å². The number of carbonyl (C=O) groups is 1. The second-order valence-electron chi connectivity index (χ2n) is 2.62. The molecule has 0 fully saturated rings. The number of aromatic nitrogens is 2. The van der Waals surface area contributed by atoms with Gasteiger partial charge in [0.2, 0.25) is 11.2 Å². The monoisotopic (exact) mass is 211 g/mol. The van der Waals surface area contributed by atoms with Crippen LogP contribution >= 0.6 is 11.6 Å². The maximum atomic E-state index is 10.5. The lowest BCUT2D eigenvalue weighted by Gasteiger charge is -1.94. The van der Waals surface area contributed by atoms with E-state index >= 15 is 0 Å². The Morgan fingerprint density at radius 2 is 2.21 bits per heavy atom. The molecule has 0 aromatic carbocycles. The summed E-state index contributed by atoms with van der Waals surface area (Å²) in [6.45, 7) is 1.97. The van der Waals surface area contributed by atoms with E-state index in [2.05, 4.69) is 15.3 Å². The van der Waals surface area contributed by atoms with Gasteiger partial charge in [0.05, 0.1) is 0 Å². The van der Waals surface area contributed by atoms with Crippen LogP contribution in [0.2, 0.25) is 5.28 Å². The van der Waals surface area contributed by atoms with Gasteiger partial charge in [-0.15, -0.1) is 0 Å². The lowest BCUT2D eigenvalue weighted by atomic mass is 10.3. The van der Waals surface area contributed by atoms with Crippen LogP contribution < -0.4 is 5.32 Å². The molecule has 5 heteroatoms. The number of carbonyl (C=O) groups excluding carboxylic acids is 1. The molecule has 0 saturated heterocycles. The zero-order valence-corrected chi connectivity index (χ0v) is 8.45. The molecule has 0 aliphatic carbocycles. The molecule has 0 radical (unpaired) electrons. The van der Waals surface area contributed by atoms with Gasteiger partial charge in [-0.25, -0.2) is 9.97 Å². The average molecular weight is 212 g/mol. The maximum Gasteiger partial charge on any atom is 0.222 e. The molecule has 74 valence electrons. The van der Waals surface area contributed by atoms with Crippen molar-refractivity contribution in [1.82, 2.24) is 15.3 Å². The lowest BCUT2D eigenvalue weighted by molar-refractivity contribution is -0.118. The first kappa shape index (κ1) is 10.7. The Hall–Kier alpha value is -1.42. The molecular formula is C9H10ClN3O. The zero-order chi connectivity index (χ0) is 10.4. The fourth-order valence-electron chi connectivity index (χ4n) is 0.806. The predicted molar refractivity (Wildman–Crippen MR) is 54.8 cm³/mol. The van der Waals surface area contributed by atoms with Crippen molar-refractivity contribution in [2.75, 3.05) is 6.54 Å². The molecule has 1 rings (SSSR count). The third kappa shape index (κ3) is 4.00. The molecule has 14 heavy (non-hydrogen) atoms. The second-order valence-corrected chi connectivity index (χ2v) is 2.96. The van der Waals surface area contributed by atoms with E-state index in [-0.39, 0.29) is 11.2 Å². The van der Waals surface area contributed by atoms with Gasteiger partial charge in [-0.1, -0.05) is 12.2 Å². The molecule has 1 amide bonds. The summed E-state index contributed by atoms with van der Waals surface area (Å²) in [5, 5.41) is 2.86. The standard InChI is InChI=1S/C9H10ClN3O/c1-7(14)11-4-2-3-8-5-12-9(10)13-6-8/h2-3,5-6H,4H2,1H3,(H,11,14). The highest BCUT2D eigenvalue weighted by Crippen LogP contribution is 2.01. The van der Waals surface area contributed by atoms with Crippen molar-refractivity contribution in [2.24, 2.45) is 0 Å². The fourth-order valence-corrected chi connectivity index (χ4v) is 0.904. The molecule has 0 bridgehead atoms. The number of amides is 1. The second kappa shape index (κ2) is 5.34. The van der Waals surface area contributed by atoms with Crippen molar-refractivity contribution in [1.29, 1.82) is 0 Å². The van der Waals surface area contributed by atoms with Crippen LogP contribution in [0.1, 0.15) is 12.5 Å². The van der Waals surface area contributed by atoms with Gasteiger partial charge >= 0.3 is 0 Å². The van der Waals surface area contributed by atoms with Crippen LogP contribution in [0.3, 0.4) is 0 Å². The Morgan fingerprint density at radius 3 is 2.79 bits per heavy atom. The van der Waals surface area contributed by atoms with Crippen molar-refractivity contribution < 1.29 is 4.79 Å². The minimum atomic E-state index is -0.0537. The Labute approximate surface area is 87.0 Å². The third-order valence-corrected chi connectivity index (χ3v) is 1.61. The fraction of sp³-hybridized carbons (Fsp3) is 0.222. The molecule has 0 aliphatic rings. The molecule has 1 heterocycles. The third-order valence-electron chi connectivity index (χ3n) is 1.42. The maximum absolute atomic E-state index is 10.5. The van der Waals surface area contributed by atoms with E-state index in [9.17, 15) is 4.79 Å². The SMILES string of the molecule is CC(=O)NCC=Cc1cnc(Cl)nc1. The smallest absolute Gasteiger partial charge is 0.222 e. The Kier molecular flexibility index (Phi) is 4.07.